The third-order valence-electron chi connectivity index (χ3n) is 13.7. The highest BCUT2D eigenvalue weighted by Gasteiger charge is 2.45. The third kappa shape index (κ3) is 11.9. The molecule has 3 fully saturated rings. The number of ether oxygens (including phenoxy) is 3. The Morgan fingerprint density at radius 3 is 2.51 bits per heavy atom. The Kier molecular flexibility index (Phi) is 16.8. The van der Waals surface area contributed by atoms with Gasteiger partial charge < -0.3 is 43.9 Å². The highest BCUT2D eigenvalue weighted by atomic mass is 19.4. The number of morpholine rings is 1. The molecular formula is C52H68F3N9O8. The van der Waals surface area contributed by atoms with Crippen LogP contribution in [0.3, 0.4) is 0 Å². The number of aliphatic hydroxyl groups excluding tert-OH is 1. The lowest BCUT2D eigenvalue weighted by molar-refractivity contribution is -0.145. The lowest BCUT2D eigenvalue weighted by atomic mass is 9.84. The number of halogens is 3. The fourth-order valence-electron chi connectivity index (χ4n) is 10.4. The molecule has 3 N–H and O–H groups in total. The maximum Gasteiger partial charge on any atom is 0.406 e. The normalized spacial score (nSPS) is 19.8. The summed E-state index contributed by atoms with van der Waals surface area (Å²) in [6, 6.07) is 10.9. The van der Waals surface area contributed by atoms with Crippen molar-refractivity contribution in [2.45, 2.75) is 110 Å². The molecular weight excluding hydrogens is 936 g/mol. The summed E-state index contributed by atoms with van der Waals surface area (Å²) in [5.41, 5.74) is 6.18. The largest absolute Gasteiger partial charge is 0.406 e. The van der Waals surface area contributed by atoms with E-state index < -0.39 is 72.4 Å². The van der Waals surface area contributed by atoms with Crippen LogP contribution in [0, 0.1) is 11.3 Å². The zero-order chi connectivity index (χ0) is 52.2. The fraction of sp³-hybridized carbons (Fsp3) is 0.538. The van der Waals surface area contributed by atoms with E-state index in [9.17, 15) is 37.5 Å². The zero-order valence-corrected chi connectivity index (χ0v) is 42.4. The van der Waals surface area contributed by atoms with Crippen molar-refractivity contribution in [3.63, 3.8) is 0 Å². The van der Waals surface area contributed by atoms with Crippen LogP contribution in [0.2, 0.25) is 0 Å². The van der Waals surface area contributed by atoms with E-state index in [-0.39, 0.29) is 38.0 Å². The van der Waals surface area contributed by atoms with Crippen LogP contribution in [0.4, 0.5) is 18.0 Å². The van der Waals surface area contributed by atoms with Crippen LogP contribution in [-0.2, 0) is 48.0 Å². The van der Waals surface area contributed by atoms with Gasteiger partial charge in [-0.3, -0.25) is 29.4 Å². The predicted octanol–water partition coefficient (Wildman–Crippen LogP) is 5.90. The minimum atomic E-state index is -4.58. The van der Waals surface area contributed by atoms with E-state index in [1.54, 1.807) is 86.3 Å². The average Bonchev–Trinajstić information content (AvgIpc) is 3.90. The molecule has 5 amide bonds. The van der Waals surface area contributed by atoms with Gasteiger partial charge in [-0.1, -0.05) is 46.4 Å². The predicted molar refractivity (Wildman–Crippen MR) is 264 cm³/mol. The van der Waals surface area contributed by atoms with Gasteiger partial charge in [0.25, 0.3) is 5.91 Å². The van der Waals surface area contributed by atoms with Crippen LogP contribution in [0.1, 0.15) is 70.5 Å². The molecule has 72 heavy (non-hydrogen) atoms. The van der Waals surface area contributed by atoms with Gasteiger partial charge in [-0.2, -0.15) is 13.2 Å². The Labute approximate surface area is 418 Å². The van der Waals surface area contributed by atoms with Gasteiger partial charge in [0.05, 0.1) is 55.1 Å². The number of carbonyl (C=O) groups is 4. The number of fused-ring (bicyclic) bond motifs is 2. The number of nitrogens with zero attached hydrogens (tertiary/aromatic N) is 7. The first-order valence-corrected chi connectivity index (χ1v) is 24.4. The Balaban J connectivity index is 1.23. The number of likely N-dealkylation sites (N-methyl/N-ethyl adjacent to an activating group) is 1. The zero-order valence-electron chi connectivity index (χ0n) is 42.4. The van der Waals surface area contributed by atoms with Crippen molar-refractivity contribution in [2.75, 3.05) is 60.7 Å². The molecule has 3 aliphatic rings. The standard InChI is InChI=1S/C52H68F3N9O8/c1-10-44(66)62-22-23-72-42-28-61(27-41(42)62)50(69)60(7)46(31(2)3)48(67)58-39(49(68)64-21-13-17-43(65)59-64)25-34-14-11-16-38(57-34)33-18-19-40-36(24-33)37(26-51(5,6)30-70-8)47(63(40)29-52(53,54)55)35-15-12-20-56-45(35)32(4)71-9/h10-12,14-16,18-20,24,31-32,39,41-43,46,59,65H,1,13,17,21-23,25-30H2,2-9H3,(H,58,67)/t32-,39-,41+,42-,43+,46-/m0/s1. The van der Waals surface area contributed by atoms with Crippen LogP contribution in [0.15, 0.2) is 67.4 Å². The Morgan fingerprint density at radius 1 is 1.07 bits per heavy atom. The number of carbonyl (C=O) groups excluding carboxylic acids is 4. The van der Waals surface area contributed by atoms with Crippen LogP contribution < -0.4 is 10.7 Å². The van der Waals surface area contributed by atoms with Gasteiger partial charge in [0.15, 0.2) is 0 Å². The Bertz CT molecular complexity index is 2620. The van der Waals surface area contributed by atoms with Gasteiger partial charge >= 0.3 is 12.2 Å². The maximum atomic E-state index is 14.6. The Hall–Kier alpha value is -5.93. The summed E-state index contributed by atoms with van der Waals surface area (Å²) in [5, 5.41) is 15.3. The number of hydrazine groups is 1. The van der Waals surface area contributed by atoms with Crippen LogP contribution in [0.25, 0.3) is 33.4 Å². The van der Waals surface area contributed by atoms with E-state index >= 15 is 0 Å². The molecule has 7 rings (SSSR count). The van der Waals surface area contributed by atoms with Gasteiger partial charge in [-0.05, 0) is 85.6 Å². The topological polar surface area (TPSA) is 184 Å². The number of benzene rings is 1. The first-order chi connectivity index (χ1) is 34.1. The van der Waals surface area contributed by atoms with Gasteiger partial charge in [0.2, 0.25) is 11.8 Å². The minimum Gasteiger partial charge on any atom is -0.384 e. The molecule has 3 aliphatic heterocycles. The van der Waals surface area contributed by atoms with Crippen LogP contribution >= 0.6 is 0 Å². The number of urea groups is 1. The van der Waals surface area contributed by atoms with Gasteiger partial charge in [0, 0.05) is 81.2 Å². The number of alkyl halides is 3. The van der Waals surface area contributed by atoms with Crippen LogP contribution in [0.5, 0.6) is 0 Å². The summed E-state index contributed by atoms with van der Waals surface area (Å²) in [7, 11) is 4.64. The highest BCUT2D eigenvalue weighted by Crippen LogP contribution is 2.43. The van der Waals surface area contributed by atoms with Crippen molar-refractivity contribution in [2.24, 2.45) is 11.3 Å². The summed E-state index contributed by atoms with van der Waals surface area (Å²) in [5.74, 6) is -1.78. The lowest BCUT2D eigenvalue weighted by Crippen LogP contribution is -2.61. The second-order valence-electron chi connectivity index (χ2n) is 20.1. The fourth-order valence-corrected chi connectivity index (χ4v) is 10.4. The third-order valence-corrected chi connectivity index (χ3v) is 13.7. The second-order valence-corrected chi connectivity index (χ2v) is 20.1. The summed E-state index contributed by atoms with van der Waals surface area (Å²) < 4.78 is 62.4. The van der Waals surface area contributed by atoms with Crippen molar-refractivity contribution < 1.29 is 51.7 Å². The number of nitrogens with one attached hydrogen (secondary N) is 2. The first-order valence-electron chi connectivity index (χ1n) is 24.4. The number of likely N-dealkylation sites (tertiary alicyclic amines) is 1. The molecule has 3 saturated heterocycles. The summed E-state index contributed by atoms with van der Waals surface area (Å²) in [4.78, 5) is 69.9. The Morgan fingerprint density at radius 2 is 1.83 bits per heavy atom. The van der Waals surface area contributed by atoms with Crippen molar-refractivity contribution in [3.8, 4) is 22.5 Å². The smallest absolute Gasteiger partial charge is 0.384 e. The lowest BCUT2D eigenvalue weighted by Gasteiger charge is -2.36. The van der Waals surface area contributed by atoms with Gasteiger partial charge in [0.1, 0.15) is 24.9 Å². The monoisotopic (exact) mass is 1000 g/mol. The summed E-state index contributed by atoms with van der Waals surface area (Å²) in [6.07, 6.45) is -2.50. The van der Waals surface area contributed by atoms with Crippen molar-refractivity contribution in [1.82, 2.24) is 45.0 Å². The molecule has 0 bridgehead atoms. The SMILES string of the molecule is C=CC(=O)N1CCO[C@H]2CN(C(=O)N(C)[C@H](C(=O)N[C@@H](Cc3cccc(-c4ccc5c(c4)c(CC(C)(C)COC)c(-c4cccnc4[C@H](C)OC)n5CC(F)(F)F)n3)C(=O)N3CCC[C@@H](O)N3)C(C)C)C[C@H]21. The minimum absolute atomic E-state index is 0.0958. The van der Waals surface area contributed by atoms with E-state index in [0.717, 1.165) is 0 Å². The first kappa shape index (κ1) is 53.9. The molecule has 0 aliphatic carbocycles. The van der Waals surface area contributed by atoms with Crippen molar-refractivity contribution >= 4 is 34.7 Å². The molecule has 0 radical (unpaired) electrons. The van der Waals surface area contributed by atoms with Crippen molar-refractivity contribution in [3.05, 3.63) is 84.3 Å². The van der Waals surface area contributed by atoms with Gasteiger partial charge in [-0.25, -0.2) is 10.2 Å². The molecule has 17 nitrogen and oxygen atoms in total. The second kappa shape index (κ2) is 22.5. The number of aromatic nitrogens is 3. The molecule has 6 atom stereocenters. The molecule has 3 aromatic heterocycles. The quantitative estimate of drug-likeness (QED) is 0.107. The highest BCUT2D eigenvalue weighted by molar-refractivity contribution is 5.95. The molecule has 20 heteroatoms. The number of amides is 5. The number of methoxy groups -OCH3 is 2. The van der Waals surface area contributed by atoms with E-state index in [2.05, 4.69) is 22.3 Å². The average molecular weight is 1000 g/mol. The van der Waals surface area contributed by atoms with E-state index in [4.69, 9.17) is 19.2 Å². The number of rotatable bonds is 17. The molecule has 0 saturated carbocycles. The van der Waals surface area contributed by atoms with Gasteiger partial charge in [-0.15, -0.1) is 0 Å². The molecule has 1 aromatic carbocycles. The number of aliphatic hydroxyl groups is 1. The number of hydrogen-bond donors (Lipinski definition) is 3. The molecule has 390 valence electrons. The van der Waals surface area contributed by atoms with E-state index in [1.807, 2.05) is 19.9 Å². The van der Waals surface area contributed by atoms with Crippen LogP contribution in [-0.4, -0.2) is 160 Å². The summed E-state index contributed by atoms with van der Waals surface area (Å²) >= 11 is 0. The number of pyridine rings is 2. The molecule has 0 spiro atoms. The van der Waals surface area contributed by atoms with E-state index in [0.29, 0.717) is 89.4 Å². The molecule has 6 heterocycles. The number of hydrogen-bond acceptors (Lipinski definition) is 11. The molecule has 0 unspecified atom stereocenters. The maximum absolute atomic E-state index is 14.6. The molecule has 4 aromatic rings. The van der Waals surface area contributed by atoms with Crippen molar-refractivity contribution in [1.29, 1.82) is 0 Å². The summed E-state index contributed by atoms with van der Waals surface area (Å²) in [6.45, 7) is 13.4. The van der Waals surface area contributed by atoms with E-state index in [1.165, 1.54) is 34.7 Å².